The first-order valence-electron chi connectivity index (χ1n) is 8.02. The summed E-state index contributed by atoms with van der Waals surface area (Å²) in [5, 5.41) is 0. The predicted octanol–water partition coefficient (Wildman–Crippen LogP) is 3.50. The number of halogens is 2. The number of amides is 1. The van der Waals surface area contributed by atoms with Crippen LogP contribution in [0.5, 0.6) is 0 Å². The number of morpholine rings is 1. The van der Waals surface area contributed by atoms with Crippen LogP contribution in [-0.2, 0) is 16.0 Å². The molecule has 0 N–H and O–H groups in total. The highest BCUT2D eigenvalue weighted by Crippen LogP contribution is 2.25. The number of carbonyl (C=O) groups excluding carboxylic acids is 1. The summed E-state index contributed by atoms with van der Waals surface area (Å²) >= 11 is 0. The molecule has 1 heterocycles. The maximum Gasteiger partial charge on any atom is 0.223 e. The molecule has 1 aliphatic heterocycles. The Labute approximate surface area is 139 Å². The second-order valence-corrected chi connectivity index (χ2v) is 5.81. The molecule has 1 unspecified atom stereocenters. The van der Waals surface area contributed by atoms with E-state index in [1.807, 2.05) is 0 Å². The summed E-state index contributed by atoms with van der Waals surface area (Å²) < 4.78 is 33.1. The van der Waals surface area contributed by atoms with Gasteiger partial charge in [-0.05, 0) is 24.1 Å². The largest absolute Gasteiger partial charge is 0.370 e. The van der Waals surface area contributed by atoms with E-state index in [0.717, 1.165) is 0 Å². The molecule has 3 nitrogen and oxygen atoms in total. The van der Waals surface area contributed by atoms with Crippen molar-refractivity contribution in [1.29, 1.82) is 0 Å². The molecule has 0 saturated carbocycles. The number of aryl methyl sites for hydroxylation is 1. The lowest BCUT2D eigenvalue weighted by Crippen LogP contribution is -2.42. The molecule has 2 aromatic rings. The zero-order valence-electron chi connectivity index (χ0n) is 13.3. The normalized spacial score (nSPS) is 17.8. The van der Waals surface area contributed by atoms with Crippen molar-refractivity contribution in [2.75, 3.05) is 19.7 Å². The fourth-order valence-electron chi connectivity index (χ4n) is 2.90. The Balaban J connectivity index is 1.61. The molecule has 1 amide bonds. The monoisotopic (exact) mass is 331 g/mol. The van der Waals surface area contributed by atoms with E-state index in [2.05, 4.69) is 0 Å². The molecule has 126 valence electrons. The van der Waals surface area contributed by atoms with Gasteiger partial charge in [-0.25, -0.2) is 8.78 Å². The fraction of sp³-hybridized carbons (Fsp3) is 0.316. The topological polar surface area (TPSA) is 29.5 Å². The van der Waals surface area contributed by atoms with Crippen LogP contribution in [0.15, 0.2) is 48.5 Å². The van der Waals surface area contributed by atoms with Crippen LogP contribution in [0.3, 0.4) is 0 Å². The van der Waals surface area contributed by atoms with E-state index in [1.165, 1.54) is 12.1 Å². The van der Waals surface area contributed by atoms with Gasteiger partial charge in [-0.1, -0.05) is 36.4 Å². The third-order valence-electron chi connectivity index (χ3n) is 4.24. The van der Waals surface area contributed by atoms with E-state index in [0.29, 0.717) is 37.2 Å². The van der Waals surface area contributed by atoms with Gasteiger partial charge >= 0.3 is 0 Å². The predicted molar refractivity (Wildman–Crippen MR) is 86.4 cm³/mol. The summed E-state index contributed by atoms with van der Waals surface area (Å²) in [6.45, 7) is 1.16. The molecule has 1 aliphatic rings. The van der Waals surface area contributed by atoms with Gasteiger partial charge in [-0.2, -0.15) is 0 Å². The van der Waals surface area contributed by atoms with Gasteiger partial charge in [-0.3, -0.25) is 4.79 Å². The number of rotatable bonds is 4. The van der Waals surface area contributed by atoms with Crippen LogP contribution in [-0.4, -0.2) is 30.5 Å². The minimum absolute atomic E-state index is 0.0668. The molecule has 24 heavy (non-hydrogen) atoms. The molecule has 0 radical (unpaired) electrons. The molecule has 0 spiro atoms. The van der Waals surface area contributed by atoms with E-state index in [9.17, 15) is 13.6 Å². The average molecular weight is 331 g/mol. The van der Waals surface area contributed by atoms with Crippen molar-refractivity contribution in [3.05, 3.63) is 71.3 Å². The zero-order chi connectivity index (χ0) is 16.9. The van der Waals surface area contributed by atoms with E-state index < -0.39 is 6.10 Å². The quantitative estimate of drug-likeness (QED) is 0.858. The Kier molecular flexibility index (Phi) is 5.20. The van der Waals surface area contributed by atoms with Gasteiger partial charge in [0.15, 0.2) is 0 Å². The van der Waals surface area contributed by atoms with Crippen molar-refractivity contribution in [2.24, 2.45) is 0 Å². The summed E-state index contributed by atoms with van der Waals surface area (Å²) in [7, 11) is 0. The second-order valence-electron chi connectivity index (χ2n) is 5.81. The van der Waals surface area contributed by atoms with Gasteiger partial charge in [-0.15, -0.1) is 0 Å². The van der Waals surface area contributed by atoms with Crippen molar-refractivity contribution in [1.82, 2.24) is 4.90 Å². The standard InChI is InChI=1S/C19H19F2NO2/c20-16-7-3-1-5-14(16)9-10-19(23)22-11-12-24-18(13-22)15-6-2-4-8-17(15)21/h1-8,18H,9-13H2. The maximum atomic E-state index is 13.9. The van der Waals surface area contributed by atoms with Crippen molar-refractivity contribution in [2.45, 2.75) is 18.9 Å². The zero-order valence-corrected chi connectivity index (χ0v) is 13.3. The summed E-state index contributed by atoms with van der Waals surface area (Å²) in [4.78, 5) is 14.1. The molecule has 2 aromatic carbocycles. The van der Waals surface area contributed by atoms with Crippen molar-refractivity contribution in [3.63, 3.8) is 0 Å². The van der Waals surface area contributed by atoms with Gasteiger partial charge in [0.2, 0.25) is 5.91 Å². The van der Waals surface area contributed by atoms with Crippen molar-refractivity contribution in [3.8, 4) is 0 Å². The van der Waals surface area contributed by atoms with E-state index in [-0.39, 0.29) is 24.0 Å². The lowest BCUT2D eigenvalue weighted by Gasteiger charge is -2.33. The Hall–Kier alpha value is -2.27. The molecular formula is C19H19F2NO2. The average Bonchev–Trinajstić information content (AvgIpc) is 2.61. The lowest BCUT2D eigenvalue weighted by molar-refractivity contribution is -0.139. The van der Waals surface area contributed by atoms with Gasteiger partial charge in [0.1, 0.15) is 17.7 Å². The smallest absolute Gasteiger partial charge is 0.223 e. The van der Waals surface area contributed by atoms with Crippen LogP contribution in [0, 0.1) is 11.6 Å². The SMILES string of the molecule is O=C(CCc1ccccc1F)N1CCOC(c2ccccc2F)C1. The van der Waals surface area contributed by atoms with Crippen LogP contribution in [0.1, 0.15) is 23.7 Å². The van der Waals surface area contributed by atoms with Crippen molar-refractivity contribution < 1.29 is 18.3 Å². The number of benzene rings is 2. The van der Waals surface area contributed by atoms with Crippen LogP contribution in [0.4, 0.5) is 8.78 Å². The molecule has 1 fully saturated rings. The maximum absolute atomic E-state index is 13.9. The van der Waals surface area contributed by atoms with Gasteiger partial charge < -0.3 is 9.64 Å². The molecule has 1 atom stereocenters. The van der Waals surface area contributed by atoms with E-state index >= 15 is 0 Å². The second kappa shape index (κ2) is 7.53. The fourth-order valence-corrected chi connectivity index (χ4v) is 2.90. The summed E-state index contributed by atoms with van der Waals surface area (Å²) in [6, 6.07) is 12.9. The highest BCUT2D eigenvalue weighted by molar-refractivity contribution is 5.76. The number of ether oxygens (including phenoxy) is 1. The molecule has 0 aliphatic carbocycles. The lowest BCUT2D eigenvalue weighted by atomic mass is 10.1. The highest BCUT2D eigenvalue weighted by atomic mass is 19.1. The molecule has 3 rings (SSSR count). The van der Waals surface area contributed by atoms with Crippen LogP contribution in [0.25, 0.3) is 0 Å². The minimum atomic E-state index is -0.461. The minimum Gasteiger partial charge on any atom is -0.370 e. The third kappa shape index (κ3) is 3.79. The molecule has 1 saturated heterocycles. The van der Waals surface area contributed by atoms with Crippen molar-refractivity contribution >= 4 is 5.91 Å². The van der Waals surface area contributed by atoms with Gasteiger partial charge in [0.25, 0.3) is 0 Å². The Bertz CT molecular complexity index is 720. The summed E-state index contributed by atoms with van der Waals surface area (Å²) in [5.41, 5.74) is 0.994. The first-order chi connectivity index (χ1) is 11.6. The first-order valence-corrected chi connectivity index (χ1v) is 8.02. The molecular weight excluding hydrogens is 312 g/mol. The molecule has 5 heteroatoms. The molecule has 0 aromatic heterocycles. The Morgan fingerprint density at radius 3 is 2.54 bits per heavy atom. The Morgan fingerprint density at radius 1 is 1.08 bits per heavy atom. The van der Waals surface area contributed by atoms with Crippen LogP contribution >= 0.6 is 0 Å². The molecule has 0 bridgehead atoms. The van der Waals surface area contributed by atoms with Crippen LogP contribution in [0.2, 0.25) is 0 Å². The number of carbonyl (C=O) groups is 1. The number of hydrogen-bond donors (Lipinski definition) is 0. The Morgan fingerprint density at radius 2 is 1.79 bits per heavy atom. The number of hydrogen-bond acceptors (Lipinski definition) is 2. The summed E-state index contributed by atoms with van der Waals surface area (Å²) in [5.74, 6) is -0.692. The van der Waals surface area contributed by atoms with Gasteiger partial charge in [0, 0.05) is 18.5 Å². The number of nitrogens with zero attached hydrogens (tertiary/aromatic N) is 1. The van der Waals surface area contributed by atoms with Gasteiger partial charge in [0.05, 0.1) is 13.2 Å². The third-order valence-corrected chi connectivity index (χ3v) is 4.24. The highest BCUT2D eigenvalue weighted by Gasteiger charge is 2.26. The first kappa shape index (κ1) is 16.6. The summed E-state index contributed by atoms with van der Waals surface area (Å²) in [6.07, 6.45) is 0.121. The van der Waals surface area contributed by atoms with E-state index in [4.69, 9.17) is 4.74 Å². The van der Waals surface area contributed by atoms with Crippen LogP contribution < -0.4 is 0 Å². The van der Waals surface area contributed by atoms with E-state index in [1.54, 1.807) is 41.3 Å².